The first-order valence-corrected chi connectivity index (χ1v) is 29.3. The van der Waals surface area contributed by atoms with E-state index in [9.17, 15) is 14.7 Å². The van der Waals surface area contributed by atoms with Gasteiger partial charge in [0.25, 0.3) is 0 Å². The minimum atomic E-state index is -0.826. The molecule has 5 nitrogen and oxygen atoms in total. The summed E-state index contributed by atoms with van der Waals surface area (Å²) in [4.78, 5) is 24.5. The summed E-state index contributed by atoms with van der Waals surface area (Å²) in [6.45, 7) is 3.82. The van der Waals surface area contributed by atoms with Crippen molar-refractivity contribution in [2.24, 2.45) is 0 Å². The van der Waals surface area contributed by atoms with Gasteiger partial charge in [0, 0.05) is 12.8 Å². The standard InChI is InChI=1S/C71H104O5/c1-3-5-7-9-11-13-15-17-19-21-23-25-27-28-29-30-31-32-33-34-35-36-37-38-39-40-41-42-44-46-48-50-52-54-56-58-60-62-64-66-71(74)76-69(67-72)68-75-70(73)65-63-61-59-57-55-53-51-49-47-45-43-26-24-22-20-18-16-14-12-10-8-6-4-2/h5-8,11-14,17-20,23-26,28-29,31-32,34-35,37-38,40-41,44-47,50-53,57,59,69,72H,3-4,9-10,15-16,21-22,27,30,33,36,39,42-43,48-49,54-56,58,60-68H2,1-2H3/b7-5-,8-6-,13-11-,14-12-,19-17-,20-18-,25-23-,26-24-,29-28-,32-31-,35-34-,38-37-,41-40-,46-44-,47-45-,52-50-,53-51-,59-57-. The Morgan fingerprint density at radius 2 is 0.539 bits per heavy atom. The van der Waals surface area contributed by atoms with E-state index in [0.29, 0.717) is 12.8 Å². The number of rotatable bonds is 50. The molecule has 0 radical (unpaired) electrons. The number of hydrogen-bond donors (Lipinski definition) is 1. The smallest absolute Gasteiger partial charge is 0.306 e. The zero-order valence-electron chi connectivity index (χ0n) is 47.7. The van der Waals surface area contributed by atoms with E-state index in [-0.39, 0.29) is 31.6 Å². The number of carbonyl (C=O) groups is 2. The highest BCUT2D eigenvalue weighted by Crippen LogP contribution is 2.10. The molecule has 0 amide bonds. The molecule has 0 spiro atoms. The maximum atomic E-state index is 12.3. The SMILES string of the molecule is CC/C=C\C/C=C\C/C=C\C/C=C\C/C=C\C/C=C\C/C=C\C/C=C\C/C=C\C/C=C\C/C=C\CCCCCCCC(=O)OC(CO)COC(=O)CCC/C=C\C/C=C\C/C=C\C/C=C\C/C=C\C/C=C\C/C=C\CC. The predicted octanol–water partition coefficient (Wildman–Crippen LogP) is 20.4. The van der Waals surface area contributed by atoms with Crippen LogP contribution in [0.4, 0.5) is 0 Å². The van der Waals surface area contributed by atoms with Crippen LogP contribution >= 0.6 is 0 Å². The summed E-state index contributed by atoms with van der Waals surface area (Å²) in [5.41, 5.74) is 0. The van der Waals surface area contributed by atoms with Crippen molar-refractivity contribution in [1.29, 1.82) is 0 Å². The van der Waals surface area contributed by atoms with Crippen LogP contribution < -0.4 is 0 Å². The van der Waals surface area contributed by atoms with Crippen LogP contribution in [0.15, 0.2) is 219 Å². The van der Waals surface area contributed by atoms with E-state index in [4.69, 9.17) is 9.47 Å². The molecule has 0 rings (SSSR count). The highest BCUT2D eigenvalue weighted by atomic mass is 16.6. The molecular formula is C71H104O5. The van der Waals surface area contributed by atoms with Gasteiger partial charge in [-0.15, -0.1) is 0 Å². The average molecular weight is 1040 g/mol. The highest BCUT2D eigenvalue weighted by molar-refractivity contribution is 5.70. The molecule has 0 aliphatic heterocycles. The van der Waals surface area contributed by atoms with Gasteiger partial charge >= 0.3 is 11.9 Å². The van der Waals surface area contributed by atoms with E-state index < -0.39 is 6.10 Å². The average Bonchev–Trinajstić information content (AvgIpc) is 3.42. The van der Waals surface area contributed by atoms with Crippen molar-refractivity contribution in [2.75, 3.05) is 13.2 Å². The molecule has 0 saturated carbocycles. The molecule has 0 aromatic heterocycles. The van der Waals surface area contributed by atoms with Crippen molar-refractivity contribution in [2.45, 2.75) is 200 Å². The van der Waals surface area contributed by atoms with E-state index in [1.165, 1.54) is 0 Å². The van der Waals surface area contributed by atoms with Gasteiger partial charge in [-0.25, -0.2) is 0 Å². The summed E-state index contributed by atoms with van der Waals surface area (Å²) < 4.78 is 10.6. The summed E-state index contributed by atoms with van der Waals surface area (Å²) in [6.07, 6.45) is 105. The third-order valence-electron chi connectivity index (χ3n) is 11.3. The molecule has 0 aromatic rings. The molecule has 1 unspecified atom stereocenters. The Balaban J connectivity index is 3.74. The third-order valence-corrected chi connectivity index (χ3v) is 11.3. The summed E-state index contributed by atoms with van der Waals surface area (Å²) in [5.74, 6) is -0.704. The largest absolute Gasteiger partial charge is 0.462 e. The van der Waals surface area contributed by atoms with Gasteiger partial charge in [0.15, 0.2) is 6.10 Å². The van der Waals surface area contributed by atoms with Crippen LogP contribution in [0, 0.1) is 0 Å². The number of aliphatic hydroxyl groups excluding tert-OH is 1. The Kier molecular flexibility index (Phi) is 58.7. The molecule has 0 fully saturated rings. The van der Waals surface area contributed by atoms with Crippen LogP contribution in [0.2, 0.25) is 0 Å². The summed E-state index contributed by atoms with van der Waals surface area (Å²) in [7, 11) is 0. The number of hydrogen-bond acceptors (Lipinski definition) is 5. The lowest BCUT2D eigenvalue weighted by Gasteiger charge is -2.15. The molecule has 1 N–H and O–H groups in total. The lowest BCUT2D eigenvalue weighted by molar-refractivity contribution is -0.161. The monoisotopic (exact) mass is 1040 g/mol. The molecule has 418 valence electrons. The van der Waals surface area contributed by atoms with Crippen LogP contribution in [0.25, 0.3) is 0 Å². The van der Waals surface area contributed by atoms with E-state index in [0.717, 1.165) is 161 Å². The van der Waals surface area contributed by atoms with Crippen LogP contribution in [-0.2, 0) is 19.1 Å². The molecular weight excluding hydrogens is 933 g/mol. The Labute approximate surface area is 465 Å². The van der Waals surface area contributed by atoms with Crippen molar-refractivity contribution < 1.29 is 24.2 Å². The molecule has 0 heterocycles. The van der Waals surface area contributed by atoms with Crippen molar-refractivity contribution in [3.8, 4) is 0 Å². The minimum Gasteiger partial charge on any atom is -0.462 e. The molecule has 0 aromatic carbocycles. The Morgan fingerprint density at radius 3 is 0.829 bits per heavy atom. The fourth-order valence-corrected chi connectivity index (χ4v) is 6.96. The van der Waals surface area contributed by atoms with Gasteiger partial charge in [0.2, 0.25) is 0 Å². The normalized spacial score (nSPS) is 13.9. The number of ether oxygens (including phenoxy) is 2. The molecule has 0 bridgehead atoms. The first kappa shape index (κ1) is 70.2. The fraction of sp³-hybridized carbons (Fsp3) is 0.465. The predicted molar refractivity (Wildman–Crippen MR) is 333 cm³/mol. The first-order chi connectivity index (χ1) is 37.6. The Morgan fingerprint density at radius 1 is 0.303 bits per heavy atom. The topological polar surface area (TPSA) is 72.8 Å². The Bertz CT molecular complexity index is 1890. The van der Waals surface area contributed by atoms with Gasteiger partial charge in [-0.3, -0.25) is 9.59 Å². The number of unbranched alkanes of at least 4 members (excludes halogenated alkanes) is 6. The summed E-state index contributed by atoms with van der Waals surface area (Å²) in [6, 6.07) is 0. The molecule has 0 aliphatic carbocycles. The van der Waals surface area contributed by atoms with Gasteiger partial charge in [0.05, 0.1) is 6.61 Å². The zero-order valence-corrected chi connectivity index (χ0v) is 47.7. The van der Waals surface area contributed by atoms with E-state index in [1.54, 1.807) is 0 Å². The zero-order chi connectivity index (χ0) is 54.8. The second kappa shape index (κ2) is 63.5. The van der Waals surface area contributed by atoms with Crippen molar-refractivity contribution in [3.05, 3.63) is 219 Å². The van der Waals surface area contributed by atoms with Crippen molar-refractivity contribution in [3.63, 3.8) is 0 Å². The van der Waals surface area contributed by atoms with Crippen molar-refractivity contribution >= 4 is 11.9 Å². The molecule has 76 heavy (non-hydrogen) atoms. The third kappa shape index (κ3) is 60.8. The van der Waals surface area contributed by atoms with E-state index in [1.807, 2.05) is 0 Å². The maximum absolute atomic E-state index is 12.3. The number of allylic oxidation sites excluding steroid dienone is 36. The molecule has 5 heteroatoms. The number of carbonyl (C=O) groups excluding carboxylic acids is 2. The quantitative estimate of drug-likeness (QED) is 0.0373. The first-order valence-electron chi connectivity index (χ1n) is 29.3. The van der Waals surface area contributed by atoms with Gasteiger partial charge in [-0.2, -0.15) is 0 Å². The van der Waals surface area contributed by atoms with E-state index in [2.05, 4.69) is 233 Å². The number of esters is 2. The van der Waals surface area contributed by atoms with Crippen LogP contribution in [0.1, 0.15) is 194 Å². The van der Waals surface area contributed by atoms with Crippen molar-refractivity contribution in [1.82, 2.24) is 0 Å². The fourth-order valence-electron chi connectivity index (χ4n) is 6.96. The van der Waals surface area contributed by atoms with Crippen LogP contribution in [-0.4, -0.2) is 36.4 Å². The van der Waals surface area contributed by atoms with Gasteiger partial charge in [-0.05, 0) is 148 Å². The number of aliphatic hydroxyl groups is 1. The lowest BCUT2D eigenvalue weighted by Crippen LogP contribution is -2.28. The summed E-state index contributed by atoms with van der Waals surface area (Å²) in [5, 5.41) is 9.65. The van der Waals surface area contributed by atoms with Crippen LogP contribution in [0.5, 0.6) is 0 Å². The summed E-state index contributed by atoms with van der Waals surface area (Å²) >= 11 is 0. The van der Waals surface area contributed by atoms with Gasteiger partial charge in [0.1, 0.15) is 6.61 Å². The second-order valence-electron chi connectivity index (χ2n) is 18.2. The lowest BCUT2D eigenvalue weighted by atomic mass is 10.1. The van der Waals surface area contributed by atoms with Gasteiger partial charge < -0.3 is 14.6 Å². The van der Waals surface area contributed by atoms with Crippen LogP contribution in [0.3, 0.4) is 0 Å². The molecule has 1 atom stereocenters. The van der Waals surface area contributed by atoms with E-state index >= 15 is 0 Å². The molecule has 0 saturated heterocycles. The molecule has 0 aliphatic rings. The Hall–Kier alpha value is -5.78. The maximum Gasteiger partial charge on any atom is 0.306 e. The highest BCUT2D eigenvalue weighted by Gasteiger charge is 2.16. The second-order valence-corrected chi connectivity index (χ2v) is 18.2. The minimum absolute atomic E-state index is 0.120. The van der Waals surface area contributed by atoms with Gasteiger partial charge in [-0.1, -0.05) is 252 Å².